The third-order valence-corrected chi connectivity index (χ3v) is 5.46. The Balaban J connectivity index is 1.96. The van der Waals surface area contributed by atoms with Crippen molar-refractivity contribution in [2.24, 2.45) is 0 Å². The maximum absolute atomic E-state index is 14.0. The van der Waals surface area contributed by atoms with Gasteiger partial charge in [-0.25, -0.2) is 9.37 Å². The van der Waals surface area contributed by atoms with Crippen LogP contribution in [0.2, 0.25) is 0 Å². The summed E-state index contributed by atoms with van der Waals surface area (Å²) in [5.41, 5.74) is 0.257. The number of aromatic nitrogens is 2. The first-order chi connectivity index (χ1) is 15.5. The van der Waals surface area contributed by atoms with Gasteiger partial charge in [0.25, 0.3) is 5.91 Å². The van der Waals surface area contributed by atoms with Gasteiger partial charge in [-0.2, -0.15) is 13.2 Å². The molecule has 0 bridgehead atoms. The highest BCUT2D eigenvalue weighted by Crippen LogP contribution is 2.40. The number of aryl methyl sites for hydroxylation is 1. The van der Waals surface area contributed by atoms with Crippen LogP contribution in [0.3, 0.4) is 0 Å². The molecular weight excluding hydrogens is 440 g/mol. The van der Waals surface area contributed by atoms with E-state index >= 15 is 0 Å². The summed E-state index contributed by atoms with van der Waals surface area (Å²) in [6, 6.07) is 8.57. The van der Waals surface area contributed by atoms with Gasteiger partial charge in [-0.05, 0) is 54.8 Å². The number of H-pyrrole nitrogens is 1. The Labute approximate surface area is 186 Å². The average molecular weight is 460 g/mol. The number of aromatic amines is 1. The van der Waals surface area contributed by atoms with Crippen LogP contribution in [0.15, 0.2) is 47.3 Å². The number of carbonyl (C=O) groups excluding carboxylic acids is 1. The first-order valence-corrected chi connectivity index (χ1v) is 10.1. The zero-order chi connectivity index (χ0) is 24.1. The van der Waals surface area contributed by atoms with Crippen molar-refractivity contribution in [2.45, 2.75) is 32.9 Å². The first kappa shape index (κ1) is 22.5. The maximum Gasteiger partial charge on any atom is 0.433 e. The molecule has 0 saturated heterocycles. The molecule has 3 heterocycles. The highest BCUT2D eigenvalue weighted by atomic mass is 19.4. The average Bonchev–Trinajstić information content (AvgIpc) is 2.74. The lowest BCUT2D eigenvalue weighted by molar-refractivity contribution is -0.141. The number of alkyl halides is 3. The quantitative estimate of drug-likeness (QED) is 0.551. The smallest absolute Gasteiger partial charge is 0.324 e. The zero-order valence-corrected chi connectivity index (χ0v) is 18.0. The molecule has 0 fully saturated rings. The summed E-state index contributed by atoms with van der Waals surface area (Å²) in [5.74, 6) is -1.38. The van der Waals surface area contributed by atoms with Gasteiger partial charge >= 0.3 is 6.18 Å². The van der Waals surface area contributed by atoms with Crippen LogP contribution in [0.25, 0.3) is 0 Å². The molecule has 4 rings (SSSR count). The molecule has 6 nitrogen and oxygen atoms in total. The summed E-state index contributed by atoms with van der Waals surface area (Å²) in [5, 5.41) is 0. The topological polar surface area (TPSA) is 69.3 Å². The molecule has 2 aromatic heterocycles. The number of nitrogens with one attached hydrogen (secondary N) is 1. The summed E-state index contributed by atoms with van der Waals surface area (Å²) in [6.07, 6.45) is -4.71. The lowest BCUT2D eigenvalue weighted by Gasteiger charge is -2.39. The van der Waals surface area contributed by atoms with Gasteiger partial charge in [-0.15, -0.1) is 0 Å². The number of benzene rings is 1. The molecule has 1 amide bonds. The Morgan fingerprint density at radius 1 is 1.00 bits per heavy atom. The summed E-state index contributed by atoms with van der Waals surface area (Å²) < 4.78 is 54.3. The summed E-state index contributed by atoms with van der Waals surface area (Å²) in [4.78, 5) is 34.2. The first-order valence-electron chi connectivity index (χ1n) is 10.1. The summed E-state index contributed by atoms with van der Waals surface area (Å²) in [7, 11) is 0. The van der Waals surface area contributed by atoms with E-state index in [2.05, 4.69) is 9.97 Å². The van der Waals surface area contributed by atoms with Crippen molar-refractivity contribution in [3.63, 3.8) is 0 Å². The van der Waals surface area contributed by atoms with Crippen molar-refractivity contribution in [2.75, 3.05) is 16.5 Å². The fourth-order valence-corrected chi connectivity index (χ4v) is 3.87. The van der Waals surface area contributed by atoms with Crippen molar-refractivity contribution < 1.29 is 22.4 Å². The number of rotatable bonds is 3. The van der Waals surface area contributed by atoms with Crippen molar-refractivity contribution in [1.29, 1.82) is 0 Å². The van der Waals surface area contributed by atoms with Crippen molar-refractivity contribution in [1.82, 2.24) is 9.97 Å². The fourth-order valence-electron chi connectivity index (χ4n) is 3.87. The van der Waals surface area contributed by atoms with Gasteiger partial charge in [0.05, 0.1) is 11.3 Å². The third-order valence-electron chi connectivity index (χ3n) is 5.46. The number of halogens is 4. The monoisotopic (exact) mass is 460 g/mol. The molecule has 10 heteroatoms. The van der Waals surface area contributed by atoms with E-state index in [9.17, 15) is 27.2 Å². The van der Waals surface area contributed by atoms with Gasteiger partial charge in [-0.1, -0.05) is 13.8 Å². The fraction of sp³-hybridized carbons (Fsp3) is 0.261. The molecule has 33 heavy (non-hydrogen) atoms. The molecule has 0 atom stereocenters. The van der Waals surface area contributed by atoms with E-state index in [0.717, 1.165) is 12.1 Å². The van der Waals surface area contributed by atoms with Gasteiger partial charge in [0, 0.05) is 17.4 Å². The van der Waals surface area contributed by atoms with E-state index in [1.807, 2.05) is 13.8 Å². The Morgan fingerprint density at radius 2 is 1.70 bits per heavy atom. The van der Waals surface area contributed by atoms with Crippen LogP contribution in [0, 0.1) is 12.7 Å². The molecule has 1 N–H and O–H groups in total. The van der Waals surface area contributed by atoms with Crippen molar-refractivity contribution in [3.8, 4) is 0 Å². The van der Waals surface area contributed by atoms with Crippen molar-refractivity contribution >= 4 is 23.1 Å². The van der Waals surface area contributed by atoms with Gasteiger partial charge in [-0.3, -0.25) is 14.5 Å². The van der Waals surface area contributed by atoms with Crippen molar-refractivity contribution in [3.05, 3.63) is 81.2 Å². The van der Waals surface area contributed by atoms with Gasteiger partial charge in [0.2, 0.25) is 5.56 Å². The number of hydrogen-bond donors (Lipinski definition) is 1. The molecule has 1 aromatic carbocycles. The molecule has 0 radical (unpaired) electrons. The number of nitrogens with zero attached hydrogens (tertiary/aromatic N) is 3. The molecular formula is C23H20F4N4O2. The number of hydrogen-bond acceptors (Lipinski definition) is 4. The van der Waals surface area contributed by atoms with Crippen LogP contribution < -0.4 is 15.4 Å². The Morgan fingerprint density at radius 3 is 2.33 bits per heavy atom. The van der Waals surface area contributed by atoms with Gasteiger partial charge in [0.1, 0.15) is 24.0 Å². The number of fused-ring (bicyclic) bond motifs is 1. The van der Waals surface area contributed by atoms with Crippen LogP contribution >= 0.6 is 0 Å². The minimum atomic E-state index is -4.71. The second kappa shape index (κ2) is 8.02. The van der Waals surface area contributed by atoms with E-state index in [0.29, 0.717) is 22.6 Å². The van der Waals surface area contributed by atoms with Crippen LogP contribution in [0.1, 0.15) is 47.1 Å². The second-order valence-corrected chi connectivity index (χ2v) is 8.06. The largest absolute Gasteiger partial charge is 0.433 e. The lowest BCUT2D eigenvalue weighted by Crippen LogP contribution is -2.46. The van der Waals surface area contributed by atoms with E-state index in [-0.39, 0.29) is 29.5 Å². The highest BCUT2D eigenvalue weighted by Gasteiger charge is 2.38. The number of amides is 1. The van der Waals surface area contributed by atoms with Gasteiger partial charge < -0.3 is 9.88 Å². The van der Waals surface area contributed by atoms with Gasteiger partial charge in [0.15, 0.2) is 0 Å². The zero-order valence-electron chi connectivity index (χ0n) is 18.0. The second-order valence-electron chi connectivity index (χ2n) is 8.06. The normalized spacial score (nSPS) is 14.1. The standard InChI is InChI=1S/C23H20F4N4O2/c1-12(2)16-10-14(24)4-6-18(16)30-11-31(17-7-9-20(32)28-13(17)3)22(33)15-5-8-19(23(25,26)27)29-21(15)30/h4-10,12H,11H2,1-3H3,(H,28,32). The van der Waals surface area contributed by atoms with E-state index in [1.54, 1.807) is 6.92 Å². The molecule has 0 saturated carbocycles. The molecule has 1 aliphatic heterocycles. The van der Waals surface area contributed by atoms with Crippen LogP contribution in [0.5, 0.6) is 0 Å². The third kappa shape index (κ3) is 4.08. The van der Waals surface area contributed by atoms with Crippen LogP contribution in [-0.2, 0) is 6.18 Å². The molecule has 1 aliphatic rings. The molecule has 0 aliphatic carbocycles. The van der Waals surface area contributed by atoms with E-state index in [1.165, 1.54) is 40.1 Å². The predicted molar refractivity (Wildman–Crippen MR) is 115 cm³/mol. The maximum atomic E-state index is 14.0. The number of anilines is 3. The molecule has 172 valence electrons. The Kier molecular flexibility index (Phi) is 5.47. The molecule has 3 aromatic rings. The number of pyridine rings is 2. The Bertz CT molecular complexity index is 1300. The van der Waals surface area contributed by atoms with E-state index in [4.69, 9.17) is 0 Å². The highest BCUT2D eigenvalue weighted by molar-refractivity contribution is 6.12. The Hall–Kier alpha value is -3.69. The van der Waals surface area contributed by atoms with Crippen LogP contribution in [0.4, 0.5) is 34.8 Å². The minimum Gasteiger partial charge on any atom is -0.324 e. The summed E-state index contributed by atoms with van der Waals surface area (Å²) >= 11 is 0. The summed E-state index contributed by atoms with van der Waals surface area (Å²) in [6.45, 7) is 5.10. The minimum absolute atomic E-state index is 0.0427. The lowest BCUT2D eigenvalue weighted by atomic mass is 9.99. The van der Waals surface area contributed by atoms with Crippen LogP contribution in [-0.4, -0.2) is 22.5 Å². The SMILES string of the molecule is Cc1[nH]c(=O)ccc1N1CN(c2ccc(F)cc2C(C)C)c2nc(C(F)(F)F)ccc2C1=O. The predicted octanol–water partition coefficient (Wildman–Crippen LogP) is 5.12. The number of carbonyl (C=O) groups is 1. The molecule has 0 spiro atoms. The molecule has 0 unspecified atom stereocenters. The van der Waals surface area contributed by atoms with E-state index < -0.39 is 23.6 Å².